The minimum absolute atomic E-state index is 0.141. The molecule has 2 rings (SSSR count). The number of imidazole rings is 1. The number of nitrogens with zero attached hydrogens (tertiary/aromatic N) is 2. The van der Waals surface area contributed by atoms with Crippen LogP contribution in [0.5, 0.6) is 0 Å². The van der Waals surface area contributed by atoms with Crippen LogP contribution in [0, 0.1) is 13.8 Å². The lowest BCUT2D eigenvalue weighted by molar-refractivity contribution is -0.122. The molecule has 0 saturated heterocycles. The molecule has 0 aliphatic heterocycles. The van der Waals surface area contributed by atoms with Gasteiger partial charge in [0.1, 0.15) is 12.4 Å². The zero-order valence-corrected chi connectivity index (χ0v) is 11.7. The second-order valence-electron chi connectivity index (χ2n) is 4.83. The molecule has 0 saturated carbocycles. The maximum absolute atomic E-state index is 11.8. The molecule has 1 amide bonds. The number of benzene rings is 1. The van der Waals surface area contributed by atoms with Crippen LogP contribution >= 0.6 is 0 Å². The fraction of sp³-hybridized carbons (Fsp3) is 0.333. The number of aromatic nitrogens is 2. The molecule has 0 bridgehead atoms. The van der Waals surface area contributed by atoms with Gasteiger partial charge in [-0.2, -0.15) is 0 Å². The van der Waals surface area contributed by atoms with Crippen LogP contribution in [0.15, 0.2) is 36.7 Å². The topological polar surface area (TPSA) is 67.2 Å². The normalized spacial score (nSPS) is 12.2. The Bertz CT molecular complexity index is 575. The number of rotatable bonds is 5. The van der Waals surface area contributed by atoms with Crippen molar-refractivity contribution < 1.29 is 9.90 Å². The molecular formula is C15H19N3O2. The Balaban J connectivity index is 1.84. The molecule has 0 aliphatic rings. The summed E-state index contributed by atoms with van der Waals surface area (Å²) in [5, 5.41) is 12.7. The van der Waals surface area contributed by atoms with Crippen LogP contribution in [0.2, 0.25) is 0 Å². The van der Waals surface area contributed by atoms with Gasteiger partial charge in [0.05, 0.1) is 6.10 Å². The van der Waals surface area contributed by atoms with Gasteiger partial charge in [-0.05, 0) is 19.4 Å². The van der Waals surface area contributed by atoms with Gasteiger partial charge in [0, 0.05) is 18.9 Å². The average Bonchev–Trinajstić information content (AvgIpc) is 2.82. The molecular weight excluding hydrogens is 254 g/mol. The monoisotopic (exact) mass is 273 g/mol. The van der Waals surface area contributed by atoms with Gasteiger partial charge in [-0.25, -0.2) is 4.98 Å². The third kappa shape index (κ3) is 3.68. The van der Waals surface area contributed by atoms with Crippen LogP contribution in [0.4, 0.5) is 0 Å². The van der Waals surface area contributed by atoms with E-state index in [1.165, 1.54) is 0 Å². The van der Waals surface area contributed by atoms with Crippen LogP contribution in [-0.4, -0.2) is 27.1 Å². The largest absolute Gasteiger partial charge is 0.387 e. The van der Waals surface area contributed by atoms with Crippen LogP contribution < -0.4 is 5.32 Å². The number of aliphatic hydroxyl groups excluding tert-OH is 1. The van der Waals surface area contributed by atoms with Crippen LogP contribution in [-0.2, 0) is 11.3 Å². The summed E-state index contributed by atoms with van der Waals surface area (Å²) in [7, 11) is 0. The molecule has 0 spiro atoms. The molecule has 106 valence electrons. The van der Waals surface area contributed by atoms with Gasteiger partial charge in [0.2, 0.25) is 5.91 Å². The molecule has 1 heterocycles. The van der Waals surface area contributed by atoms with E-state index in [-0.39, 0.29) is 19.0 Å². The van der Waals surface area contributed by atoms with Crippen molar-refractivity contribution in [2.45, 2.75) is 26.5 Å². The predicted molar refractivity (Wildman–Crippen MR) is 76.1 cm³/mol. The first kappa shape index (κ1) is 14.3. The fourth-order valence-corrected chi connectivity index (χ4v) is 1.90. The molecule has 2 N–H and O–H groups in total. The fourth-order valence-electron chi connectivity index (χ4n) is 1.90. The summed E-state index contributed by atoms with van der Waals surface area (Å²) in [5.74, 6) is 0.650. The standard InChI is InChI=1S/C15H19N3O2/c1-11-3-5-13(6-4-11)14(19)9-17-15(20)10-18-8-7-16-12(18)2/h3-8,14,19H,9-10H2,1-2H3,(H,17,20)/t14-/m1/s1. The molecule has 2 aromatic rings. The van der Waals surface area contributed by atoms with E-state index in [1.54, 1.807) is 17.0 Å². The molecule has 20 heavy (non-hydrogen) atoms. The zero-order chi connectivity index (χ0) is 14.5. The molecule has 1 aromatic carbocycles. The molecule has 5 heteroatoms. The molecule has 0 radical (unpaired) electrons. The molecule has 0 aliphatic carbocycles. The van der Waals surface area contributed by atoms with E-state index in [0.717, 1.165) is 17.0 Å². The molecule has 0 unspecified atom stereocenters. The summed E-state index contributed by atoms with van der Waals surface area (Å²) >= 11 is 0. The van der Waals surface area contributed by atoms with E-state index in [0.29, 0.717) is 0 Å². The van der Waals surface area contributed by atoms with Crippen LogP contribution in [0.3, 0.4) is 0 Å². The van der Waals surface area contributed by atoms with E-state index in [2.05, 4.69) is 10.3 Å². The smallest absolute Gasteiger partial charge is 0.240 e. The van der Waals surface area contributed by atoms with Crippen molar-refractivity contribution in [2.24, 2.45) is 0 Å². The van der Waals surface area contributed by atoms with Gasteiger partial charge in [0.15, 0.2) is 0 Å². The highest BCUT2D eigenvalue weighted by Gasteiger charge is 2.10. The van der Waals surface area contributed by atoms with Gasteiger partial charge >= 0.3 is 0 Å². The SMILES string of the molecule is Cc1ccc([C@H](O)CNC(=O)Cn2ccnc2C)cc1. The van der Waals surface area contributed by atoms with Gasteiger partial charge in [-0.1, -0.05) is 29.8 Å². The molecule has 1 atom stereocenters. The highest BCUT2D eigenvalue weighted by Crippen LogP contribution is 2.12. The first-order valence-corrected chi connectivity index (χ1v) is 6.55. The number of hydrogen-bond donors (Lipinski definition) is 2. The van der Waals surface area contributed by atoms with E-state index >= 15 is 0 Å². The number of hydrogen-bond acceptors (Lipinski definition) is 3. The van der Waals surface area contributed by atoms with Crippen molar-refractivity contribution in [3.05, 3.63) is 53.6 Å². The highest BCUT2D eigenvalue weighted by molar-refractivity contribution is 5.75. The maximum Gasteiger partial charge on any atom is 0.240 e. The Morgan fingerprint density at radius 2 is 2.05 bits per heavy atom. The van der Waals surface area contributed by atoms with Crippen molar-refractivity contribution in [3.63, 3.8) is 0 Å². The Morgan fingerprint density at radius 3 is 2.65 bits per heavy atom. The van der Waals surface area contributed by atoms with E-state index in [9.17, 15) is 9.90 Å². The lowest BCUT2D eigenvalue weighted by Crippen LogP contribution is -2.31. The first-order valence-electron chi connectivity index (χ1n) is 6.55. The molecule has 5 nitrogen and oxygen atoms in total. The average molecular weight is 273 g/mol. The first-order chi connectivity index (χ1) is 9.56. The van der Waals surface area contributed by atoms with Gasteiger partial charge < -0.3 is 15.0 Å². The summed E-state index contributed by atoms with van der Waals surface area (Å²) < 4.78 is 1.76. The van der Waals surface area contributed by atoms with Crippen molar-refractivity contribution in [2.75, 3.05) is 6.54 Å². The summed E-state index contributed by atoms with van der Waals surface area (Å²) in [4.78, 5) is 15.8. The van der Waals surface area contributed by atoms with Crippen LogP contribution in [0.25, 0.3) is 0 Å². The Labute approximate surface area is 118 Å². The highest BCUT2D eigenvalue weighted by atomic mass is 16.3. The molecule has 0 fully saturated rings. The van der Waals surface area contributed by atoms with Gasteiger partial charge in [0.25, 0.3) is 0 Å². The maximum atomic E-state index is 11.8. The summed E-state index contributed by atoms with van der Waals surface area (Å²) in [6, 6.07) is 7.61. The van der Waals surface area contributed by atoms with Crippen molar-refractivity contribution in [3.8, 4) is 0 Å². The quantitative estimate of drug-likeness (QED) is 0.864. The summed E-state index contributed by atoms with van der Waals surface area (Å²) in [5.41, 5.74) is 1.94. The lowest BCUT2D eigenvalue weighted by Gasteiger charge is -2.13. The number of aryl methyl sites for hydroxylation is 2. The second kappa shape index (κ2) is 6.34. The number of carbonyl (C=O) groups excluding carboxylic acids is 1. The zero-order valence-electron chi connectivity index (χ0n) is 11.7. The third-order valence-corrected chi connectivity index (χ3v) is 3.19. The number of aliphatic hydroxyl groups is 1. The van der Waals surface area contributed by atoms with Crippen LogP contribution in [0.1, 0.15) is 23.1 Å². The van der Waals surface area contributed by atoms with Gasteiger partial charge in [-0.3, -0.25) is 4.79 Å². The number of carbonyl (C=O) groups is 1. The number of nitrogens with one attached hydrogen (secondary N) is 1. The Hall–Kier alpha value is -2.14. The summed E-state index contributed by atoms with van der Waals surface area (Å²) in [6.45, 7) is 4.25. The molecule has 1 aromatic heterocycles. The predicted octanol–water partition coefficient (Wildman–Crippen LogP) is 1.35. The second-order valence-corrected chi connectivity index (χ2v) is 4.83. The van der Waals surface area contributed by atoms with E-state index in [4.69, 9.17) is 0 Å². The third-order valence-electron chi connectivity index (χ3n) is 3.19. The minimum Gasteiger partial charge on any atom is -0.387 e. The number of amides is 1. The van der Waals surface area contributed by atoms with E-state index < -0.39 is 6.10 Å². The van der Waals surface area contributed by atoms with Crippen molar-refractivity contribution >= 4 is 5.91 Å². The van der Waals surface area contributed by atoms with Gasteiger partial charge in [-0.15, -0.1) is 0 Å². The van der Waals surface area contributed by atoms with E-state index in [1.807, 2.05) is 38.1 Å². The van der Waals surface area contributed by atoms with Crippen molar-refractivity contribution in [1.82, 2.24) is 14.9 Å². The van der Waals surface area contributed by atoms with Crippen molar-refractivity contribution in [1.29, 1.82) is 0 Å². The minimum atomic E-state index is -0.691. The summed E-state index contributed by atoms with van der Waals surface area (Å²) in [6.07, 6.45) is 2.72. The Kier molecular flexibility index (Phi) is 4.53. The Morgan fingerprint density at radius 1 is 1.35 bits per heavy atom. The lowest BCUT2D eigenvalue weighted by atomic mass is 10.1.